The van der Waals surface area contributed by atoms with Crippen molar-refractivity contribution in [3.05, 3.63) is 35.1 Å². The molecule has 0 spiro atoms. The highest BCUT2D eigenvalue weighted by molar-refractivity contribution is 7.99. The maximum Gasteiger partial charge on any atom is 0.313 e. The van der Waals surface area contributed by atoms with Gasteiger partial charge in [-0.15, -0.1) is 5.10 Å². The van der Waals surface area contributed by atoms with Gasteiger partial charge in [0.2, 0.25) is 5.16 Å². The van der Waals surface area contributed by atoms with Crippen LogP contribution in [0.5, 0.6) is 0 Å². The summed E-state index contributed by atoms with van der Waals surface area (Å²) in [5.41, 5.74) is 1.29. The molecule has 1 unspecified atom stereocenters. The molecular weight excluding hydrogens is 283 g/mol. The van der Waals surface area contributed by atoms with Crippen LogP contribution in [0.1, 0.15) is 24.1 Å². The van der Waals surface area contributed by atoms with Crippen LogP contribution in [0.15, 0.2) is 23.4 Å². The largest absolute Gasteiger partial charge is 0.481 e. The molecule has 0 aliphatic heterocycles. The van der Waals surface area contributed by atoms with Gasteiger partial charge < -0.3 is 5.11 Å². The molecule has 2 aromatic rings. The van der Waals surface area contributed by atoms with Crippen LogP contribution in [-0.2, 0) is 4.79 Å². The Bertz CT molecular complexity index is 632. The van der Waals surface area contributed by atoms with Crippen molar-refractivity contribution in [1.82, 2.24) is 20.2 Å². The van der Waals surface area contributed by atoms with Crippen molar-refractivity contribution in [2.24, 2.45) is 0 Å². The fourth-order valence-electron chi connectivity index (χ4n) is 1.66. The minimum atomic E-state index is -0.946. The van der Waals surface area contributed by atoms with Crippen molar-refractivity contribution in [1.29, 1.82) is 0 Å². The lowest BCUT2D eigenvalue weighted by Crippen LogP contribution is -2.11. The van der Waals surface area contributed by atoms with Crippen molar-refractivity contribution >= 4 is 17.7 Å². The predicted octanol–water partition coefficient (Wildman–Crippen LogP) is 1.91. The second kappa shape index (κ2) is 6.00. The Balaban J connectivity index is 2.24. The summed E-state index contributed by atoms with van der Waals surface area (Å²) in [4.78, 5) is 10.6. The first-order chi connectivity index (χ1) is 9.49. The van der Waals surface area contributed by atoms with Crippen molar-refractivity contribution in [3.63, 3.8) is 0 Å². The van der Waals surface area contributed by atoms with Gasteiger partial charge >= 0.3 is 5.97 Å². The summed E-state index contributed by atoms with van der Waals surface area (Å²) in [7, 11) is 0. The molecule has 0 radical (unpaired) electrons. The van der Waals surface area contributed by atoms with Gasteiger partial charge in [-0.2, -0.15) is 0 Å². The predicted molar refractivity (Wildman–Crippen MR) is 71.1 cm³/mol. The van der Waals surface area contributed by atoms with Gasteiger partial charge in [0.25, 0.3) is 0 Å². The molecule has 8 heteroatoms. The summed E-state index contributed by atoms with van der Waals surface area (Å²) >= 11 is 1.03. The van der Waals surface area contributed by atoms with E-state index in [9.17, 15) is 9.18 Å². The van der Waals surface area contributed by atoms with E-state index >= 15 is 0 Å². The van der Waals surface area contributed by atoms with Gasteiger partial charge in [0, 0.05) is 0 Å². The van der Waals surface area contributed by atoms with E-state index in [1.54, 1.807) is 19.1 Å². The molecule has 2 rings (SSSR count). The van der Waals surface area contributed by atoms with E-state index in [1.807, 2.05) is 6.92 Å². The summed E-state index contributed by atoms with van der Waals surface area (Å²) in [5.74, 6) is -1.37. The molecule has 0 amide bonds. The lowest BCUT2D eigenvalue weighted by molar-refractivity contribution is -0.133. The first-order valence-corrected chi connectivity index (χ1v) is 6.86. The van der Waals surface area contributed by atoms with Crippen molar-refractivity contribution < 1.29 is 14.3 Å². The van der Waals surface area contributed by atoms with Gasteiger partial charge in [0.05, 0.1) is 11.8 Å². The van der Waals surface area contributed by atoms with Gasteiger partial charge in [-0.25, -0.2) is 9.07 Å². The Morgan fingerprint density at radius 2 is 2.30 bits per heavy atom. The minimum absolute atomic E-state index is 0.130. The molecule has 0 bridgehead atoms. The zero-order valence-corrected chi connectivity index (χ0v) is 11.8. The first-order valence-electron chi connectivity index (χ1n) is 5.87. The molecule has 0 fully saturated rings. The van der Waals surface area contributed by atoms with Crippen LogP contribution in [-0.4, -0.2) is 37.0 Å². The highest BCUT2D eigenvalue weighted by Crippen LogP contribution is 2.24. The van der Waals surface area contributed by atoms with E-state index in [0.717, 1.165) is 17.3 Å². The van der Waals surface area contributed by atoms with Gasteiger partial charge in [-0.1, -0.05) is 23.9 Å². The average molecular weight is 296 g/mol. The Labute approximate surface area is 119 Å². The zero-order valence-electron chi connectivity index (χ0n) is 10.9. The Hall–Kier alpha value is -1.96. The number of hydrogen-bond donors (Lipinski definition) is 1. The fourth-order valence-corrected chi connectivity index (χ4v) is 2.33. The maximum absolute atomic E-state index is 13.6. The van der Waals surface area contributed by atoms with Crippen LogP contribution in [0, 0.1) is 12.7 Å². The molecule has 0 saturated carbocycles. The third-order valence-corrected chi connectivity index (χ3v) is 3.75. The van der Waals surface area contributed by atoms with Crippen molar-refractivity contribution in [2.45, 2.75) is 25.0 Å². The molecule has 106 valence electrons. The van der Waals surface area contributed by atoms with E-state index in [4.69, 9.17) is 5.11 Å². The van der Waals surface area contributed by atoms with E-state index in [2.05, 4.69) is 15.5 Å². The number of nitrogens with zero attached hydrogens (tertiary/aromatic N) is 4. The number of carbonyl (C=O) groups is 1. The zero-order chi connectivity index (χ0) is 14.7. The van der Waals surface area contributed by atoms with Crippen LogP contribution in [0.25, 0.3) is 0 Å². The Kier molecular flexibility index (Phi) is 4.33. The number of thioether (sulfide) groups is 1. The first kappa shape index (κ1) is 14.4. The molecule has 1 atom stereocenters. The number of rotatable bonds is 5. The van der Waals surface area contributed by atoms with Crippen LogP contribution in [0.2, 0.25) is 0 Å². The number of carboxylic acids is 1. The number of carboxylic acid groups (broad SMARTS) is 1. The number of aromatic nitrogens is 4. The van der Waals surface area contributed by atoms with E-state index < -0.39 is 5.97 Å². The normalized spacial score (nSPS) is 12.3. The number of aryl methyl sites for hydroxylation is 1. The SMILES string of the molecule is Cc1ccc(C(C)n2nnnc2SCC(=O)O)cc1F. The third kappa shape index (κ3) is 3.13. The van der Waals surface area contributed by atoms with Gasteiger partial charge in [0.15, 0.2) is 0 Å². The van der Waals surface area contributed by atoms with E-state index in [-0.39, 0.29) is 17.6 Å². The molecule has 1 aromatic heterocycles. The maximum atomic E-state index is 13.6. The number of hydrogen-bond acceptors (Lipinski definition) is 5. The lowest BCUT2D eigenvalue weighted by atomic mass is 10.1. The number of tetrazole rings is 1. The minimum Gasteiger partial charge on any atom is -0.481 e. The Morgan fingerprint density at radius 1 is 1.55 bits per heavy atom. The molecular formula is C12H13FN4O2S. The van der Waals surface area contributed by atoms with E-state index in [1.165, 1.54) is 10.7 Å². The highest BCUT2D eigenvalue weighted by atomic mass is 32.2. The Morgan fingerprint density at radius 3 is 2.95 bits per heavy atom. The quantitative estimate of drug-likeness (QED) is 0.849. The van der Waals surface area contributed by atoms with Gasteiger partial charge in [-0.3, -0.25) is 4.79 Å². The third-order valence-electron chi connectivity index (χ3n) is 2.83. The summed E-state index contributed by atoms with van der Waals surface area (Å²) in [6.45, 7) is 3.51. The standard InChI is InChI=1S/C12H13FN4O2S/c1-7-3-4-9(5-10(7)13)8(2)17-12(14-15-16-17)20-6-11(18)19/h3-5,8H,6H2,1-2H3,(H,18,19). The number of halogens is 1. The molecule has 0 saturated heterocycles. The molecule has 20 heavy (non-hydrogen) atoms. The second-order valence-corrected chi connectivity index (χ2v) is 5.22. The molecule has 1 aromatic carbocycles. The van der Waals surface area contributed by atoms with Crippen molar-refractivity contribution in [2.75, 3.05) is 5.75 Å². The summed E-state index contributed by atoms with van der Waals surface area (Å²) in [6.07, 6.45) is 0. The topological polar surface area (TPSA) is 80.9 Å². The molecule has 1 N–H and O–H groups in total. The van der Waals surface area contributed by atoms with Crippen LogP contribution in [0.4, 0.5) is 4.39 Å². The van der Waals surface area contributed by atoms with Crippen LogP contribution < -0.4 is 0 Å². The highest BCUT2D eigenvalue weighted by Gasteiger charge is 2.17. The average Bonchev–Trinajstić information content (AvgIpc) is 2.87. The summed E-state index contributed by atoms with van der Waals surface area (Å²) in [6, 6.07) is 4.65. The van der Waals surface area contributed by atoms with Gasteiger partial charge in [0.1, 0.15) is 5.82 Å². The van der Waals surface area contributed by atoms with Crippen LogP contribution in [0.3, 0.4) is 0 Å². The number of benzene rings is 1. The smallest absolute Gasteiger partial charge is 0.313 e. The summed E-state index contributed by atoms with van der Waals surface area (Å²) < 4.78 is 15.1. The van der Waals surface area contributed by atoms with Crippen LogP contribution >= 0.6 is 11.8 Å². The second-order valence-electron chi connectivity index (χ2n) is 4.27. The molecule has 1 heterocycles. The molecule has 0 aliphatic carbocycles. The van der Waals surface area contributed by atoms with E-state index in [0.29, 0.717) is 10.7 Å². The van der Waals surface area contributed by atoms with Gasteiger partial charge in [-0.05, 0) is 41.5 Å². The molecule has 6 nitrogen and oxygen atoms in total. The lowest BCUT2D eigenvalue weighted by Gasteiger charge is -2.13. The monoisotopic (exact) mass is 296 g/mol. The fraction of sp³-hybridized carbons (Fsp3) is 0.333. The number of aliphatic carboxylic acids is 1. The van der Waals surface area contributed by atoms with Crippen molar-refractivity contribution in [3.8, 4) is 0 Å². The summed E-state index contributed by atoms with van der Waals surface area (Å²) in [5, 5.41) is 20.2. The molecule has 0 aliphatic rings.